The average molecular weight is 328 g/mol. The Balaban J connectivity index is 1.54. The standard InChI is InChI=1S/C16H17FN6O/c1-24-14-8-11(17)2-3-13(14)22-4-6-23(7-5-22)16-12-9-20-21-15(12)18-10-19-16/h2-3,8-10H,4-7H2,1H3,(H,18,19,20,21). The van der Waals surface area contributed by atoms with Crippen LogP contribution in [0.2, 0.25) is 0 Å². The molecule has 0 saturated carbocycles. The predicted octanol–water partition coefficient (Wildman–Crippen LogP) is 1.83. The molecular weight excluding hydrogens is 311 g/mol. The lowest BCUT2D eigenvalue weighted by atomic mass is 10.2. The van der Waals surface area contributed by atoms with E-state index in [1.807, 2.05) is 0 Å². The predicted molar refractivity (Wildman–Crippen MR) is 89.1 cm³/mol. The summed E-state index contributed by atoms with van der Waals surface area (Å²) in [5.74, 6) is 1.15. The van der Waals surface area contributed by atoms with Gasteiger partial charge < -0.3 is 14.5 Å². The van der Waals surface area contributed by atoms with Gasteiger partial charge in [-0.05, 0) is 12.1 Å². The summed E-state index contributed by atoms with van der Waals surface area (Å²) < 4.78 is 18.7. The maximum atomic E-state index is 13.4. The van der Waals surface area contributed by atoms with E-state index in [0.717, 1.165) is 48.7 Å². The zero-order valence-corrected chi connectivity index (χ0v) is 13.2. The lowest BCUT2D eigenvalue weighted by Gasteiger charge is -2.37. The molecule has 124 valence electrons. The van der Waals surface area contributed by atoms with Crippen LogP contribution in [0, 0.1) is 5.82 Å². The van der Waals surface area contributed by atoms with E-state index in [1.54, 1.807) is 25.7 Å². The van der Waals surface area contributed by atoms with Crippen molar-refractivity contribution in [1.82, 2.24) is 20.2 Å². The number of benzene rings is 1. The monoisotopic (exact) mass is 328 g/mol. The second-order valence-corrected chi connectivity index (χ2v) is 5.62. The van der Waals surface area contributed by atoms with Crippen molar-refractivity contribution < 1.29 is 9.13 Å². The van der Waals surface area contributed by atoms with E-state index in [4.69, 9.17) is 4.74 Å². The fraction of sp³-hybridized carbons (Fsp3) is 0.312. The first-order valence-electron chi connectivity index (χ1n) is 7.74. The Kier molecular flexibility index (Phi) is 3.64. The molecule has 7 nitrogen and oxygen atoms in total. The van der Waals surface area contributed by atoms with Crippen LogP contribution in [0.4, 0.5) is 15.9 Å². The highest BCUT2D eigenvalue weighted by Gasteiger charge is 2.22. The lowest BCUT2D eigenvalue weighted by Crippen LogP contribution is -2.47. The fourth-order valence-electron chi connectivity index (χ4n) is 3.08. The number of piperazine rings is 1. The molecule has 1 aliphatic rings. The molecule has 1 aliphatic heterocycles. The summed E-state index contributed by atoms with van der Waals surface area (Å²) in [6.45, 7) is 3.20. The first kappa shape index (κ1) is 14.7. The molecule has 0 bridgehead atoms. The molecule has 3 aromatic rings. The van der Waals surface area contributed by atoms with Crippen molar-refractivity contribution in [2.45, 2.75) is 0 Å². The van der Waals surface area contributed by atoms with Crippen molar-refractivity contribution in [2.75, 3.05) is 43.1 Å². The van der Waals surface area contributed by atoms with Gasteiger partial charge in [-0.25, -0.2) is 14.4 Å². The third-order valence-electron chi connectivity index (χ3n) is 4.29. The first-order chi connectivity index (χ1) is 11.8. The molecule has 8 heteroatoms. The van der Waals surface area contributed by atoms with Gasteiger partial charge in [0.2, 0.25) is 0 Å². The number of nitrogens with one attached hydrogen (secondary N) is 1. The van der Waals surface area contributed by atoms with Gasteiger partial charge in [0.1, 0.15) is 23.7 Å². The molecule has 1 N–H and O–H groups in total. The van der Waals surface area contributed by atoms with Crippen LogP contribution in [-0.4, -0.2) is 53.5 Å². The van der Waals surface area contributed by atoms with Crippen LogP contribution in [0.5, 0.6) is 5.75 Å². The van der Waals surface area contributed by atoms with Crippen molar-refractivity contribution in [2.24, 2.45) is 0 Å². The van der Waals surface area contributed by atoms with Gasteiger partial charge in [-0.2, -0.15) is 5.10 Å². The topological polar surface area (TPSA) is 70.2 Å². The van der Waals surface area contributed by atoms with Crippen LogP contribution in [0.25, 0.3) is 11.0 Å². The number of nitrogens with zero attached hydrogens (tertiary/aromatic N) is 5. The number of hydrogen-bond acceptors (Lipinski definition) is 6. The number of H-pyrrole nitrogens is 1. The average Bonchev–Trinajstić information content (AvgIpc) is 3.10. The molecule has 3 heterocycles. The SMILES string of the molecule is COc1cc(F)ccc1N1CCN(c2ncnc3[nH]ncc23)CC1. The highest BCUT2D eigenvalue weighted by atomic mass is 19.1. The Bertz CT molecular complexity index is 859. The summed E-state index contributed by atoms with van der Waals surface area (Å²) in [5, 5.41) is 7.82. The van der Waals surface area contributed by atoms with Crippen LogP contribution in [0.3, 0.4) is 0 Å². The number of rotatable bonds is 3. The second kappa shape index (κ2) is 5.95. The summed E-state index contributed by atoms with van der Waals surface area (Å²) in [5.41, 5.74) is 1.65. The number of methoxy groups -OCH3 is 1. The van der Waals surface area contributed by atoms with Crippen molar-refractivity contribution in [1.29, 1.82) is 0 Å². The normalized spacial score (nSPS) is 15.1. The summed E-state index contributed by atoms with van der Waals surface area (Å²) in [7, 11) is 1.56. The Morgan fingerprint density at radius 1 is 1.12 bits per heavy atom. The Labute approximate surface area is 138 Å². The zero-order chi connectivity index (χ0) is 16.5. The third-order valence-corrected chi connectivity index (χ3v) is 4.29. The molecule has 1 aromatic carbocycles. The molecular formula is C16H17FN6O. The first-order valence-corrected chi connectivity index (χ1v) is 7.74. The van der Waals surface area contributed by atoms with Gasteiger partial charge in [0.15, 0.2) is 5.65 Å². The summed E-state index contributed by atoms with van der Waals surface area (Å²) >= 11 is 0. The molecule has 1 fully saturated rings. The van der Waals surface area contributed by atoms with E-state index < -0.39 is 0 Å². The highest BCUT2D eigenvalue weighted by molar-refractivity contribution is 5.86. The molecule has 24 heavy (non-hydrogen) atoms. The minimum absolute atomic E-state index is 0.294. The van der Waals surface area contributed by atoms with E-state index in [1.165, 1.54) is 12.1 Å². The molecule has 0 amide bonds. The molecule has 0 atom stereocenters. The lowest BCUT2D eigenvalue weighted by molar-refractivity contribution is 0.410. The van der Waals surface area contributed by atoms with Gasteiger partial charge in [-0.1, -0.05) is 0 Å². The van der Waals surface area contributed by atoms with Crippen LogP contribution >= 0.6 is 0 Å². The van der Waals surface area contributed by atoms with Gasteiger partial charge >= 0.3 is 0 Å². The van der Waals surface area contributed by atoms with E-state index in [9.17, 15) is 4.39 Å². The largest absolute Gasteiger partial charge is 0.494 e. The number of halogens is 1. The maximum absolute atomic E-state index is 13.4. The van der Waals surface area contributed by atoms with E-state index in [0.29, 0.717) is 5.75 Å². The van der Waals surface area contributed by atoms with Crippen LogP contribution in [0.15, 0.2) is 30.7 Å². The summed E-state index contributed by atoms with van der Waals surface area (Å²) in [6.07, 6.45) is 3.30. The van der Waals surface area contributed by atoms with Crippen molar-refractivity contribution in [3.8, 4) is 5.75 Å². The molecule has 0 unspecified atom stereocenters. The van der Waals surface area contributed by atoms with Gasteiger partial charge in [-0.3, -0.25) is 5.10 Å². The Hall–Kier alpha value is -2.90. The number of ether oxygens (including phenoxy) is 1. The van der Waals surface area contributed by atoms with Gasteiger partial charge in [0.05, 0.1) is 24.4 Å². The van der Waals surface area contributed by atoms with Crippen LogP contribution in [-0.2, 0) is 0 Å². The smallest absolute Gasteiger partial charge is 0.160 e. The number of anilines is 2. The molecule has 2 aromatic heterocycles. The number of hydrogen-bond donors (Lipinski definition) is 1. The Morgan fingerprint density at radius 3 is 2.71 bits per heavy atom. The van der Waals surface area contributed by atoms with E-state index >= 15 is 0 Å². The molecule has 4 rings (SSSR count). The number of aromatic amines is 1. The summed E-state index contributed by atoms with van der Waals surface area (Å²) in [6, 6.07) is 4.65. The van der Waals surface area contributed by atoms with Crippen molar-refractivity contribution >= 4 is 22.5 Å². The quantitative estimate of drug-likeness (QED) is 0.791. The fourth-order valence-corrected chi connectivity index (χ4v) is 3.08. The van der Waals surface area contributed by atoms with Crippen LogP contribution in [0.1, 0.15) is 0 Å². The minimum Gasteiger partial charge on any atom is -0.494 e. The molecule has 1 saturated heterocycles. The van der Waals surface area contributed by atoms with Gasteiger partial charge in [0.25, 0.3) is 0 Å². The van der Waals surface area contributed by atoms with Crippen LogP contribution < -0.4 is 14.5 Å². The minimum atomic E-state index is -0.294. The maximum Gasteiger partial charge on any atom is 0.160 e. The molecule has 0 radical (unpaired) electrons. The van der Waals surface area contributed by atoms with Crippen molar-refractivity contribution in [3.05, 3.63) is 36.5 Å². The Morgan fingerprint density at radius 2 is 1.92 bits per heavy atom. The van der Waals surface area contributed by atoms with Gasteiger partial charge in [-0.15, -0.1) is 0 Å². The van der Waals surface area contributed by atoms with Crippen molar-refractivity contribution in [3.63, 3.8) is 0 Å². The molecule has 0 aliphatic carbocycles. The summed E-state index contributed by atoms with van der Waals surface area (Å²) in [4.78, 5) is 13.0. The molecule has 0 spiro atoms. The highest BCUT2D eigenvalue weighted by Crippen LogP contribution is 2.30. The van der Waals surface area contributed by atoms with Gasteiger partial charge in [0, 0.05) is 32.2 Å². The third kappa shape index (κ3) is 2.49. The van der Waals surface area contributed by atoms with E-state index in [2.05, 4.69) is 30.0 Å². The second-order valence-electron chi connectivity index (χ2n) is 5.62. The zero-order valence-electron chi connectivity index (χ0n) is 13.2. The number of fused-ring (bicyclic) bond motifs is 1. The van der Waals surface area contributed by atoms with E-state index in [-0.39, 0.29) is 5.82 Å². The number of aromatic nitrogens is 4.